The van der Waals surface area contributed by atoms with E-state index in [1.54, 1.807) is 34.6 Å². The number of amides is 1. The van der Waals surface area contributed by atoms with Gasteiger partial charge in [-0.1, -0.05) is 0 Å². The van der Waals surface area contributed by atoms with Crippen molar-refractivity contribution in [1.82, 2.24) is 15.3 Å². The predicted octanol–water partition coefficient (Wildman–Crippen LogP) is 1.66. The van der Waals surface area contributed by atoms with Crippen molar-refractivity contribution in [2.24, 2.45) is 0 Å². The largest absolute Gasteiger partial charge is 0.444 e. The highest BCUT2D eigenvalue weighted by atomic mass is 16.6. The highest BCUT2D eigenvalue weighted by Crippen LogP contribution is 2.19. The van der Waals surface area contributed by atoms with Gasteiger partial charge in [0.05, 0.1) is 12.0 Å². The summed E-state index contributed by atoms with van der Waals surface area (Å²) in [4.78, 5) is 29.9. The number of hydrogen-bond donors (Lipinski definition) is 2. The van der Waals surface area contributed by atoms with Gasteiger partial charge in [-0.05, 0) is 34.6 Å². The van der Waals surface area contributed by atoms with Crippen LogP contribution in [-0.4, -0.2) is 27.9 Å². The molecule has 1 rings (SSSR count). The predicted molar refractivity (Wildman–Crippen MR) is 66.1 cm³/mol. The maximum Gasteiger partial charge on any atom is 0.408 e. The zero-order valence-corrected chi connectivity index (χ0v) is 11.3. The minimum atomic E-state index is -1.20. The lowest BCUT2D eigenvalue weighted by Crippen LogP contribution is -2.47. The number of imidazole rings is 1. The molecule has 0 radical (unpaired) electrons. The third-order valence-corrected chi connectivity index (χ3v) is 2.32. The SMILES string of the molecule is Cc1[nH]cnc1C(C)(C=O)NC(=O)OC(C)(C)C. The van der Waals surface area contributed by atoms with Gasteiger partial charge in [0.15, 0.2) is 6.29 Å². The van der Waals surface area contributed by atoms with Gasteiger partial charge in [0.1, 0.15) is 11.1 Å². The van der Waals surface area contributed by atoms with E-state index in [-0.39, 0.29) is 0 Å². The summed E-state index contributed by atoms with van der Waals surface area (Å²) in [6.07, 6.45) is 1.46. The number of rotatable bonds is 3. The second-order valence-corrected chi connectivity index (χ2v) is 5.32. The van der Waals surface area contributed by atoms with E-state index in [9.17, 15) is 9.59 Å². The van der Waals surface area contributed by atoms with Gasteiger partial charge >= 0.3 is 6.09 Å². The quantitative estimate of drug-likeness (QED) is 0.802. The molecule has 0 spiro atoms. The number of hydrogen-bond acceptors (Lipinski definition) is 4. The van der Waals surface area contributed by atoms with Gasteiger partial charge in [-0.25, -0.2) is 9.78 Å². The molecule has 0 aliphatic rings. The second kappa shape index (κ2) is 4.80. The maximum atomic E-state index is 11.7. The smallest absolute Gasteiger partial charge is 0.408 e. The van der Waals surface area contributed by atoms with E-state index in [1.807, 2.05) is 0 Å². The lowest BCUT2D eigenvalue weighted by molar-refractivity contribution is -0.113. The van der Waals surface area contributed by atoms with Crippen molar-refractivity contribution >= 4 is 12.4 Å². The molecule has 0 bridgehead atoms. The fourth-order valence-corrected chi connectivity index (χ4v) is 1.54. The van der Waals surface area contributed by atoms with Gasteiger partial charge in [0.2, 0.25) is 0 Å². The molecule has 0 aliphatic heterocycles. The van der Waals surface area contributed by atoms with E-state index in [1.165, 1.54) is 6.33 Å². The van der Waals surface area contributed by atoms with Crippen molar-refractivity contribution in [2.75, 3.05) is 0 Å². The van der Waals surface area contributed by atoms with Gasteiger partial charge in [-0.2, -0.15) is 0 Å². The van der Waals surface area contributed by atoms with Gasteiger partial charge in [0, 0.05) is 5.69 Å². The van der Waals surface area contributed by atoms with Crippen LogP contribution in [0.25, 0.3) is 0 Å². The summed E-state index contributed by atoms with van der Waals surface area (Å²) in [6.45, 7) is 8.62. The van der Waals surface area contributed by atoms with Crippen molar-refractivity contribution in [2.45, 2.75) is 45.8 Å². The lowest BCUT2D eigenvalue weighted by atomic mass is 9.98. The van der Waals surface area contributed by atoms with Crippen LogP contribution in [0.3, 0.4) is 0 Å². The van der Waals surface area contributed by atoms with Crippen LogP contribution in [0.1, 0.15) is 39.1 Å². The molecule has 1 atom stereocenters. The first-order chi connectivity index (χ1) is 8.18. The summed E-state index contributed by atoms with van der Waals surface area (Å²) in [6, 6.07) is 0. The minimum Gasteiger partial charge on any atom is -0.444 e. The van der Waals surface area contributed by atoms with E-state index < -0.39 is 17.2 Å². The molecule has 0 aliphatic carbocycles. The lowest BCUT2D eigenvalue weighted by Gasteiger charge is -2.26. The zero-order chi connectivity index (χ0) is 14.0. The Balaban J connectivity index is 2.88. The first kappa shape index (κ1) is 14.2. The number of H-pyrrole nitrogens is 1. The summed E-state index contributed by atoms with van der Waals surface area (Å²) in [5.41, 5.74) is -0.620. The molecule has 1 aromatic rings. The van der Waals surface area contributed by atoms with Crippen molar-refractivity contribution in [3.8, 4) is 0 Å². The average Bonchev–Trinajstić information content (AvgIpc) is 2.61. The highest BCUT2D eigenvalue weighted by Gasteiger charge is 2.33. The van der Waals surface area contributed by atoms with E-state index in [0.29, 0.717) is 12.0 Å². The third-order valence-electron chi connectivity index (χ3n) is 2.32. The van der Waals surface area contributed by atoms with E-state index in [2.05, 4.69) is 15.3 Å². The van der Waals surface area contributed by atoms with E-state index in [0.717, 1.165) is 5.69 Å². The Bertz CT molecular complexity index is 448. The maximum absolute atomic E-state index is 11.7. The molecule has 0 fully saturated rings. The number of aromatic nitrogens is 2. The van der Waals surface area contributed by atoms with Crippen LogP contribution >= 0.6 is 0 Å². The van der Waals surface area contributed by atoms with Crippen molar-refractivity contribution in [3.05, 3.63) is 17.7 Å². The molecule has 1 heterocycles. The summed E-state index contributed by atoms with van der Waals surface area (Å²) in [7, 11) is 0. The van der Waals surface area contributed by atoms with Crippen LogP contribution in [0.4, 0.5) is 4.79 Å². The molecule has 0 aromatic carbocycles. The Morgan fingerprint density at radius 1 is 1.44 bits per heavy atom. The molecule has 6 heteroatoms. The number of ether oxygens (including phenoxy) is 1. The molecular weight excluding hydrogens is 234 g/mol. The van der Waals surface area contributed by atoms with Crippen LogP contribution in [-0.2, 0) is 15.1 Å². The van der Waals surface area contributed by atoms with Crippen LogP contribution in [0.15, 0.2) is 6.33 Å². The number of nitrogens with one attached hydrogen (secondary N) is 2. The van der Waals surface area contributed by atoms with Crippen molar-refractivity contribution < 1.29 is 14.3 Å². The average molecular weight is 253 g/mol. The van der Waals surface area contributed by atoms with Crippen LogP contribution in [0.2, 0.25) is 0 Å². The number of alkyl carbamates (subject to hydrolysis) is 1. The number of aromatic amines is 1. The van der Waals surface area contributed by atoms with Gasteiger partial charge in [-0.15, -0.1) is 0 Å². The van der Waals surface area contributed by atoms with Crippen LogP contribution in [0, 0.1) is 6.92 Å². The molecule has 2 N–H and O–H groups in total. The Kier molecular flexibility index (Phi) is 3.79. The zero-order valence-electron chi connectivity index (χ0n) is 11.3. The van der Waals surface area contributed by atoms with Gasteiger partial charge in [0.25, 0.3) is 0 Å². The molecule has 1 unspecified atom stereocenters. The third kappa shape index (κ3) is 3.32. The monoisotopic (exact) mass is 253 g/mol. The Labute approximate surface area is 106 Å². The summed E-state index contributed by atoms with van der Waals surface area (Å²) >= 11 is 0. The fourth-order valence-electron chi connectivity index (χ4n) is 1.54. The first-order valence-electron chi connectivity index (χ1n) is 5.66. The molecule has 1 amide bonds. The first-order valence-corrected chi connectivity index (χ1v) is 5.66. The molecule has 0 saturated heterocycles. The Hall–Kier alpha value is -1.85. The number of aldehydes is 1. The second-order valence-electron chi connectivity index (χ2n) is 5.32. The molecular formula is C12H19N3O3. The minimum absolute atomic E-state index is 0.475. The molecule has 100 valence electrons. The summed E-state index contributed by atoms with van der Waals surface area (Å²) in [5, 5.41) is 2.53. The Morgan fingerprint density at radius 3 is 2.44 bits per heavy atom. The fraction of sp³-hybridized carbons (Fsp3) is 0.583. The van der Waals surface area contributed by atoms with Crippen molar-refractivity contribution in [3.63, 3.8) is 0 Å². The molecule has 6 nitrogen and oxygen atoms in total. The van der Waals surface area contributed by atoms with E-state index in [4.69, 9.17) is 4.74 Å². The van der Waals surface area contributed by atoms with Gasteiger partial charge in [-0.3, -0.25) is 0 Å². The molecule has 0 saturated carbocycles. The topological polar surface area (TPSA) is 84.1 Å². The summed E-state index contributed by atoms with van der Waals surface area (Å²) < 4.78 is 5.13. The molecule has 18 heavy (non-hydrogen) atoms. The summed E-state index contributed by atoms with van der Waals surface area (Å²) in [5.74, 6) is 0. The van der Waals surface area contributed by atoms with Crippen LogP contribution < -0.4 is 5.32 Å². The van der Waals surface area contributed by atoms with Crippen LogP contribution in [0.5, 0.6) is 0 Å². The molecule has 1 aromatic heterocycles. The van der Waals surface area contributed by atoms with Crippen molar-refractivity contribution in [1.29, 1.82) is 0 Å². The number of aryl methyl sites for hydroxylation is 1. The standard InChI is InChI=1S/C12H19N3O3/c1-8-9(14-7-13-8)12(5,6-16)15-10(17)18-11(2,3)4/h6-7H,1-5H3,(H,13,14)(H,15,17). The number of nitrogens with zero attached hydrogens (tertiary/aromatic N) is 1. The van der Waals surface area contributed by atoms with Gasteiger partial charge < -0.3 is 19.8 Å². The highest BCUT2D eigenvalue weighted by molar-refractivity contribution is 5.77. The normalized spacial score (nSPS) is 14.7. The van der Waals surface area contributed by atoms with E-state index >= 15 is 0 Å². The number of carbonyl (C=O) groups excluding carboxylic acids is 2. The number of carbonyl (C=O) groups is 2. The Morgan fingerprint density at radius 2 is 2.06 bits per heavy atom.